The Balaban J connectivity index is 2.47. The van der Waals surface area contributed by atoms with Crippen molar-refractivity contribution >= 4 is 16.6 Å². The number of benzene rings is 1. The molecule has 0 aliphatic heterocycles. The molecular weight excluding hydrogens is 258 g/mol. The smallest absolute Gasteiger partial charge is 0.270 e. The molecule has 0 bridgehead atoms. The topological polar surface area (TPSA) is 89.2 Å². The first-order chi connectivity index (χ1) is 9.29. The lowest BCUT2D eigenvalue weighted by atomic mass is 9.86. The van der Waals surface area contributed by atoms with Crippen molar-refractivity contribution in [3.63, 3.8) is 0 Å². The Bertz CT molecular complexity index is 650. The fraction of sp³-hybridized carbons (Fsp3) is 0.429. The molecule has 0 fully saturated rings. The summed E-state index contributed by atoms with van der Waals surface area (Å²) in [6.45, 7) is 5.80. The van der Waals surface area contributed by atoms with Gasteiger partial charge in [0.05, 0.1) is 22.2 Å². The molecule has 0 aliphatic carbocycles. The lowest BCUT2D eigenvalue weighted by Gasteiger charge is -2.25. The molecule has 2 aromatic rings. The molecule has 0 saturated heterocycles. The maximum Gasteiger partial charge on any atom is 0.270 e. The number of aromatic nitrogens is 2. The van der Waals surface area contributed by atoms with Gasteiger partial charge >= 0.3 is 0 Å². The van der Waals surface area contributed by atoms with E-state index in [4.69, 9.17) is 0 Å². The Hall–Kier alpha value is -2.08. The molecule has 0 amide bonds. The minimum atomic E-state index is -0.583. The third kappa shape index (κ3) is 2.91. The monoisotopic (exact) mass is 275 g/mol. The van der Waals surface area contributed by atoms with Gasteiger partial charge in [-0.2, -0.15) is 0 Å². The number of hydrogen-bond acceptors (Lipinski definition) is 5. The highest BCUT2D eigenvalue weighted by molar-refractivity contribution is 5.83. The Morgan fingerprint density at radius 3 is 2.65 bits per heavy atom. The van der Waals surface area contributed by atoms with Crippen LogP contribution in [0.25, 0.3) is 10.9 Å². The van der Waals surface area contributed by atoms with Crippen molar-refractivity contribution < 1.29 is 10.0 Å². The van der Waals surface area contributed by atoms with Crippen molar-refractivity contribution in [1.82, 2.24) is 9.97 Å². The minimum Gasteiger partial charge on any atom is -0.392 e. The van der Waals surface area contributed by atoms with Crippen molar-refractivity contribution in [3.05, 3.63) is 40.3 Å². The number of nitro groups is 1. The SMILES string of the molecule is CC(C)(C)C(O)Cc1ncnc2ccc([N+](=O)[O-])cc12. The summed E-state index contributed by atoms with van der Waals surface area (Å²) in [6.07, 6.45) is 1.17. The third-order valence-electron chi connectivity index (χ3n) is 3.30. The molecule has 106 valence electrons. The second kappa shape index (κ2) is 5.13. The summed E-state index contributed by atoms with van der Waals surface area (Å²) >= 11 is 0. The van der Waals surface area contributed by atoms with Gasteiger partial charge in [-0.05, 0) is 11.5 Å². The van der Waals surface area contributed by atoms with Crippen LogP contribution in [-0.2, 0) is 6.42 Å². The second-order valence-corrected chi connectivity index (χ2v) is 5.86. The Morgan fingerprint density at radius 1 is 1.35 bits per heavy atom. The number of non-ortho nitro benzene ring substituents is 1. The van der Waals surface area contributed by atoms with Crippen LogP contribution in [0.3, 0.4) is 0 Å². The van der Waals surface area contributed by atoms with E-state index in [2.05, 4.69) is 9.97 Å². The lowest BCUT2D eigenvalue weighted by Crippen LogP contribution is -2.28. The van der Waals surface area contributed by atoms with Crippen molar-refractivity contribution in [2.75, 3.05) is 0 Å². The quantitative estimate of drug-likeness (QED) is 0.686. The molecule has 6 heteroatoms. The Kier molecular flexibility index (Phi) is 3.67. The van der Waals surface area contributed by atoms with Crippen LogP contribution >= 0.6 is 0 Å². The molecule has 0 saturated carbocycles. The van der Waals surface area contributed by atoms with Crippen LogP contribution in [0.2, 0.25) is 0 Å². The molecule has 0 aliphatic rings. The third-order valence-corrected chi connectivity index (χ3v) is 3.30. The molecule has 1 unspecified atom stereocenters. The Labute approximate surface area is 116 Å². The molecule has 1 atom stereocenters. The summed E-state index contributed by atoms with van der Waals surface area (Å²) in [7, 11) is 0. The largest absolute Gasteiger partial charge is 0.392 e. The summed E-state index contributed by atoms with van der Waals surface area (Å²) in [4.78, 5) is 18.7. The van der Waals surface area contributed by atoms with Gasteiger partial charge in [-0.3, -0.25) is 10.1 Å². The number of nitro benzene ring substituents is 1. The van der Waals surface area contributed by atoms with Crippen LogP contribution in [0, 0.1) is 15.5 Å². The first-order valence-electron chi connectivity index (χ1n) is 6.35. The van der Waals surface area contributed by atoms with Crippen LogP contribution < -0.4 is 0 Å². The summed E-state index contributed by atoms with van der Waals surface area (Å²) in [5, 5.41) is 21.7. The standard InChI is InChI=1S/C14H17N3O3/c1-14(2,3)13(18)7-12-10-6-9(17(19)20)4-5-11(10)15-8-16-12/h4-6,8,13,18H,7H2,1-3H3. The average molecular weight is 275 g/mol. The van der Waals surface area contributed by atoms with Gasteiger partial charge in [-0.15, -0.1) is 0 Å². The molecular formula is C14H17N3O3. The van der Waals surface area contributed by atoms with E-state index < -0.39 is 11.0 Å². The summed E-state index contributed by atoms with van der Waals surface area (Å²) < 4.78 is 0. The van der Waals surface area contributed by atoms with Gasteiger partial charge in [0.25, 0.3) is 5.69 Å². The van der Waals surface area contributed by atoms with E-state index in [1.54, 1.807) is 6.07 Å². The van der Waals surface area contributed by atoms with E-state index >= 15 is 0 Å². The van der Waals surface area contributed by atoms with Gasteiger partial charge < -0.3 is 5.11 Å². The van der Waals surface area contributed by atoms with Crippen LogP contribution in [0.4, 0.5) is 5.69 Å². The van der Waals surface area contributed by atoms with Gasteiger partial charge in [0.15, 0.2) is 0 Å². The number of aliphatic hydroxyl groups is 1. The summed E-state index contributed by atoms with van der Waals surface area (Å²) in [5.74, 6) is 0. The lowest BCUT2D eigenvalue weighted by molar-refractivity contribution is -0.384. The van der Waals surface area contributed by atoms with Crippen LogP contribution in [0.1, 0.15) is 26.5 Å². The zero-order chi connectivity index (χ0) is 14.9. The average Bonchev–Trinajstić information content (AvgIpc) is 2.37. The fourth-order valence-corrected chi connectivity index (χ4v) is 1.86. The summed E-state index contributed by atoms with van der Waals surface area (Å²) in [6, 6.07) is 4.47. The van der Waals surface area contributed by atoms with Gasteiger partial charge in [-0.1, -0.05) is 20.8 Å². The first-order valence-corrected chi connectivity index (χ1v) is 6.35. The molecule has 1 aromatic carbocycles. The maximum atomic E-state index is 10.9. The zero-order valence-electron chi connectivity index (χ0n) is 11.7. The molecule has 1 heterocycles. The van der Waals surface area contributed by atoms with E-state index in [1.807, 2.05) is 20.8 Å². The number of hydrogen-bond donors (Lipinski definition) is 1. The van der Waals surface area contributed by atoms with E-state index in [1.165, 1.54) is 18.5 Å². The number of nitrogens with zero attached hydrogens (tertiary/aromatic N) is 3. The van der Waals surface area contributed by atoms with Crippen molar-refractivity contribution in [3.8, 4) is 0 Å². The number of aliphatic hydroxyl groups excluding tert-OH is 1. The Morgan fingerprint density at radius 2 is 2.05 bits per heavy atom. The van der Waals surface area contributed by atoms with Crippen molar-refractivity contribution in [2.24, 2.45) is 5.41 Å². The first kappa shape index (κ1) is 14.3. The van der Waals surface area contributed by atoms with Gasteiger partial charge in [0.2, 0.25) is 0 Å². The number of rotatable bonds is 3. The molecule has 0 radical (unpaired) electrons. The highest BCUT2D eigenvalue weighted by Crippen LogP contribution is 2.26. The van der Waals surface area contributed by atoms with Crippen molar-refractivity contribution in [1.29, 1.82) is 0 Å². The van der Waals surface area contributed by atoms with Crippen LogP contribution in [-0.4, -0.2) is 26.1 Å². The highest BCUT2D eigenvalue weighted by Gasteiger charge is 2.24. The predicted molar refractivity (Wildman–Crippen MR) is 75.4 cm³/mol. The van der Waals surface area contributed by atoms with E-state index in [-0.39, 0.29) is 11.1 Å². The minimum absolute atomic E-state index is 0.00111. The molecule has 2 rings (SSSR count). The molecule has 1 N–H and O–H groups in total. The maximum absolute atomic E-state index is 10.9. The second-order valence-electron chi connectivity index (χ2n) is 5.86. The van der Waals surface area contributed by atoms with Crippen LogP contribution in [0.15, 0.2) is 24.5 Å². The van der Waals surface area contributed by atoms with Gasteiger partial charge in [-0.25, -0.2) is 9.97 Å². The van der Waals surface area contributed by atoms with Crippen molar-refractivity contribution in [2.45, 2.75) is 33.3 Å². The van der Waals surface area contributed by atoms with E-state index in [0.717, 1.165) is 0 Å². The predicted octanol–water partition coefficient (Wildman–Crippen LogP) is 2.49. The molecule has 0 spiro atoms. The van der Waals surface area contributed by atoms with E-state index in [9.17, 15) is 15.2 Å². The van der Waals surface area contributed by atoms with E-state index in [0.29, 0.717) is 23.0 Å². The molecule has 6 nitrogen and oxygen atoms in total. The van der Waals surface area contributed by atoms with Gasteiger partial charge in [0, 0.05) is 23.9 Å². The highest BCUT2D eigenvalue weighted by atomic mass is 16.6. The van der Waals surface area contributed by atoms with Crippen LogP contribution in [0.5, 0.6) is 0 Å². The number of fused-ring (bicyclic) bond motifs is 1. The normalized spacial score (nSPS) is 13.4. The summed E-state index contributed by atoms with van der Waals surface area (Å²) in [5.41, 5.74) is 0.986. The zero-order valence-corrected chi connectivity index (χ0v) is 11.7. The fourth-order valence-electron chi connectivity index (χ4n) is 1.86. The van der Waals surface area contributed by atoms with Gasteiger partial charge in [0.1, 0.15) is 6.33 Å². The molecule has 1 aromatic heterocycles. The molecule has 20 heavy (non-hydrogen) atoms.